The largest absolute Gasteiger partial charge is 0.322 e. The van der Waals surface area contributed by atoms with Gasteiger partial charge in [-0.2, -0.15) is 5.10 Å². The van der Waals surface area contributed by atoms with Gasteiger partial charge in [-0.1, -0.05) is 6.07 Å². The van der Waals surface area contributed by atoms with Crippen molar-refractivity contribution in [3.05, 3.63) is 77.1 Å². The molecule has 150 valence electrons. The van der Waals surface area contributed by atoms with E-state index in [4.69, 9.17) is 0 Å². The first-order chi connectivity index (χ1) is 14.0. The predicted molar refractivity (Wildman–Crippen MR) is 107 cm³/mol. The first-order valence-corrected chi connectivity index (χ1v) is 9.65. The molecule has 2 heterocycles. The topological polar surface area (TPSA) is 59.0 Å². The molecule has 2 N–H and O–H groups in total. The number of piperidine rings is 1. The molecule has 29 heavy (non-hydrogen) atoms. The van der Waals surface area contributed by atoms with Gasteiger partial charge in [0.05, 0.1) is 23.1 Å². The number of aromatic nitrogens is 2. The van der Waals surface area contributed by atoms with E-state index in [1.165, 1.54) is 24.4 Å². The molecule has 0 spiro atoms. The first kappa shape index (κ1) is 19.3. The van der Waals surface area contributed by atoms with Gasteiger partial charge in [0, 0.05) is 11.6 Å². The van der Waals surface area contributed by atoms with E-state index in [1.54, 1.807) is 35.9 Å². The summed E-state index contributed by atoms with van der Waals surface area (Å²) in [5, 5.41) is 10.5. The van der Waals surface area contributed by atoms with Crippen molar-refractivity contribution in [2.45, 2.75) is 25.7 Å². The Kier molecular flexibility index (Phi) is 5.40. The fourth-order valence-electron chi connectivity index (χ4n) is 3.68. The highest BCUT2D eigenvalue weighted by atomic mass is 19.1. The summed E-state index contributed by atoms with van der Waals surface area (Å²) in [6.07, 6.45) is 3.26. The number of carbonyl (C=O) groups is 1. The summed E-state index contributed by atoms with van der Waals surface area (Å²) in [6, 6.07) is 10.6. The molecule has 1 aliphatic heterocycles. The summed E-state index contributed by atoms with van der Waals surface area (Å²) in [7, 11) is 0. The van der Waals surface area contributed by atoms with E-state index in [0.717, 1.165) is 31.6 Å². The van der Waals surface area contributed by atoms with Gasteiger partial charge in [-0.05, 0) is 74.8 Å². The number of nitrogens with zero attached hydrogens (tertiary/aromatic N) is 2. The lowest BCUT2D eigenvalue weighted by atomic mass is 9.91. The number of nitrogens with one attached hydrogen (secondary N) is 2. The van der Waals surface area contributed by atoms with Crippen LogP contribution in [0.3, 0.4) is 0 Å². The van der Waals surface area contributed by atoms with Crippen LogP contribution in [0.4, 0.5) is 14.5 Å². The Morgan fingerprint density at radius 3 is 2.55 bits per heavy atom. The fraction of sp³-hybridized carbons (Fsp3) is 0.273. The summed E-state index contributed by atoms with van der Waals surface area (Å²) in [5.74, 6) is -0.901. The average molecular weight is 396 g/mol. The molecule has 1 amide bonds. The minimum Gasteiger partial charge on any atom is -0.322 e. The maximum atomic E-state index is 13.9. The molecule has 0 atom stereocenters. The Labute approximate surface area is 167 Å². The standard InChI is InChI=1S/C22H22F2N4O/c1-14-2-5-17(12-20(14)24)27-22(29)19-13-26-28(18-6-3-16(23)4-7-18)21(19)15-8-10-25-11-9-15/h2-7,12-13,15,25H,8-11H2,1H3,(H,27,29). The molecule has 0 saturated carbocycles. The van der Waals surface area contributed by atoms with Gasteiger partial charge in [0.2, 0.25) is 0 Å². The van der Waals surface area contributed by atoms with Crippen molar-refractivity contribution < 1.29 is 13.6 Å². The van der Waals surface area contributed by atoms with Crippen LogP contribution in [0.25, 0.3) is 5.69 Å². The maximum Gasteiger partial charge on any atom is 0.259 e. The van der Waals surface area contributed by atoms with Gasteiger partial charge in [0.25, 0.3) is 5.91 Å². The van der Waals surface area contributed by atoms with Gasteiger partial charge in [-0.3, -0.25) is 4.79 Å². The smallest absolute Gasteiger partial charge is 0.259 e. The second kappa shape index (κ2) is 8.13. The lowest BCUT2D eigenvalue weighted by molar-refractivity contribution is 0.102. The van der Waals surface area contributed by atoms with Crippen molar-refractivity contribution in [2.24, 2.45) is 0 Å². The molecule has 4 rings (SSSR count). The number of amides is 1. The third-order valence-corrected chi connectivity index (χ3v) is 5.28. The number of benzene rings is 2. The van der Waals surface area contributed by atoms with Crippen LogP contribution in [0.5, 0.6) is 0 Å². The van der Waals surface area contributed by atoms with Crippen LogP contribution in [0, 0.1) is 18.6 Å². The van der Waals surface area contributed by atoms with Crippen molar-refractivity contribution in [1.82, 2.24) is 15.1 Å². The third-order valence-electron chi connectivity index (χ3n) is 5.28. The second-order valence-corrected chi connectivity index (χ2v) is 7.27. The summed E-state index contributed by atoms with van der Waals surface area (Å²) in [6.45, 7) is 3.37. The Morgan fingerprint density at radius 1 is 1.14 bits per heavy atom. The summed E-state index contributed by atoms with van der Waals surface area (Å²) in [5.41, 5.74) is 2.84. The van der Waals surface area contributed by atoms with E-state index >= 15 is 0 Å². The van der Waals surface area contributed by atoms with Crippen LogP contribution < -0.4 is 10.6 Å². The van der Waals surface area contributed by atoms with Crippen molar-refractivity contribution >= 4 is 11.6 Å². The highest BCUT2D eigenvalue weighted by Crippen LogP contribution is 2.31. The number of hydrogen-bond donors (Lipinski definition) is 2. The van der Waals surface area contributed by atoms with Crippen LogP contribution in [-0.4, -0.2) is 28.8 Å². The van der Waals surface area contributed by atoms with Gasteiger partial charge in [-0.15, -0.1) is 0 Å². The fourth-order valence-corrected chi connectivity index (χ4v) is 3.68. The molecule has 1 fully saturated rings. The van der Waals surface area contributed by atoms with Crippen LogP contribution in [-0.2, 0) is 0 Å². The predicted octanol–water partition coefficient (Wildman–Crippen LogP) is 4.18. The van der Waals surface area contributed by atoms with E-state index in [-0.39, 0.29) is 23.5 Å². The van der Waals surface area contributed by atoms with Gasteiger partial charge >= 0.3 is 0 Å². The molecule has 1 aromatic heterocycles. The van der Waals surface area contributed by atoms with Gasteiger partial charge in [0.1, 0.15) is 11.6 Å². The van der Waals surface area contributed by atoms with Crippen molar-refractivity contribution in [1.29, 1.82) is 0 Å². The summed E-state index contributed by atoms with van der Waals surface area (Å²) in [4.78, 5) is 13.0. The minimum atomic E-state index is -0.372. The minimum absolute atomic E-state index is 0.138. The van der Waals surface area contributed by atoms with E-state index in [9.17, 15) is 13.6 Å². The monoisotopic (exact) mass is 396 g/mol. The van der Waals surface area contributed by atoms with Crippen LogP contribution in [0.1, 0.15) is 40.4 Å². The SMILES string of the molecule is Cc1ccc(NC(=O)c2cnn(-c3ccc(F)cc3)c2C2CCNCC2)cc1F. The molecule has 3 aromatic rings. The first-order valence-electron chi connectivity index (χ1n) is 9.65. The van der Waals surface area contributed by atoms with Crippen molar-refractivity contribution in [2.75, 3.05) is 18.4 Å². The molecule has 0 bridgehead atoms. The Balaban J connectivity index is 1.70. The Morgan fingerprint density at radius 2 is 1.86 bits per heavy atom. The zero-order valence-electron chi connectivity index (χ0n) is 16.1. The zero-order chi connectivity index (χ0) is 20.4. The second-order valence-electron chi connectivity index (χ2n) is 7.27. The van der Waals surface area contributed by atoms with E-state index in [1.807, 2.05) is 0 Å². The average Bonchev–Trinajstić information content (AvgIpc) is 3.17. The van der Waals surface area contributed by atoms with Gasteiger partial charge in [0.15, 0.2) is 0 Å². The molecular formula is C22H22F2N4O. The highest BCUT2D eigenvalue weighted by molar-refractivity contribution is 6.05. The number of rotatable bonds is 4. The highest BCUT2D eigenvalue weighted by Gasteiger charge is 2.27. The molecule has 1 saturated heterocycles. The Bertz CT molecular complexity index is 1020. The summed E-state index contributed by atoms with van der Waals surface area (Å²) >= 11 is 0. The Hall–Kier alpha value is -3.06. The number of halogens is 2. The number of aryl methyl sites for hydroxylation is 1. The summed E-state index contributed by atoms with van der Waals surface area (Å²) < 4.78 is 28.9. The van der Waals surface area contributed by atoms with Crippen LogP contribution in [0.15, 0.2) is 48.7 Å². The number of anilines is 1. The molecule has 2 aromatic carbocycles. The molecule has 0 radical (unpaired) electrons. The quantitative estimate of drug-likeness (QED) is 0.696. The van der Waals surface area contributed by atoms with Crippen molar-refractivity contribution in [3.63, 3.8) is 0 Å². The van der Waals surface area contributed by atoms with Crippen LogP contribution in [0.2, 0.25) is 0 Å². The maximum absolute atomic E-state index is 13.9. The zero-order valence-corrected chi connectivity index (χ0v) is 16.1. The van der Waals surface area contributed by atoms with E-state index < -0.39 is 0 Å². The van der Waals surface area contributed by atoms with Gasteiger partial charge in [-0.25, -0.2) is 13.5 Å². The van der Waals surface area contributed by atoms with E-state index in [2.05, 4.69) is 15.7 Å². The van der Waals surface area contributed by atoms with Crippen molar-refractivity contribution in [3.8, 4) is 5.69 Å². The molecule has 5 nitrogen and oxygen atoms in total. The lowest BCUT2D eigenvalue weighted by Crippen LogP contribution is -2.29. The third kappa shape index (κ3) is 4.05. The van der Waals surface area contributed by atoms with Gasteiger partial charge < -0.3 is 10.6 Å². The molecular weight excluding hydrogens is 374 g/mol. The van der Waals surface area contributed by atoms with Crippen LogP contribution >= 0.6 is 0 Å². The molecule has 0 aliphatic carbocycles. The molecule has 0 unspecified atom stereocenters. The van der Waals surface area contributed by atoms with E-state index in [0.29, 0.717) is 22.5 Å². The molecule has 7 heteroatoms. The number of carbonyl (C=O) groups excluding carboxylic acids is 1. The molecule has 1 aliphatic rings. The number of hydrogen-bond acceptors (Lipinski definition) is 3. The lowest BCUT2D eigenvalue weighted by Gasteiger charge is -2.24. The normalized spacial score (nSPS) is 14.7.